The maximum atomic E-state index is 5.84. The first-order chi connectivity index (χ1) is 11.1. The van der Waals surface area contributed by atoms with Gasteiger partial charge in [0, 0.05) is 26.2 Å². The molecule has 0 bridgehead atoms. The summed E-state index contributed by atoms with van der Waals surface area (Å²) in [7, 11) is 2.11. The highest BCUT2D eigenvalue weighted by molar-refractivity contribution is 5.36. The van der Waals surface area contributed by atoms with E-state index in [2.05, 4.69) is 31.8 Å². The Morgan fingerprint density at radius 2 is 1.83 bits per heavy atom. The summed E-state index contributed by atoms with van der Waals surface area (Å²) < 4.78 is 5.80. The Morgan fingerprint density at radius 3 is 2.57 bits per heavy atom. The Labute approximate surface area is 136 Å². The summed E-state index contributed by atoms with van der Waals surface area (Å²) in [6.07, 6.45) is 0. The number of ether oxygens (including phenoxy) is 1. The molecule has 122 valence electrons. The fourth-order valence-electron chi connectivity index (χ4n) is 2.50. The summed E-state index contributed by atoms with van der Waals surface area (Å²) in [6, 6.07) is 7.86. The number of anilines is 2. The fourth-order valence-corrected chi connectivity index (χ4v) is 2.50. The third kappa shape index (κ3) is 3.87. The lowest BCUT2D eigenvalue weighted by atomic mass is 10.2. The van der Waals surface area contributed by atoms with Crippen molar-refractivity contribution in [1.29, 1.82) is 0 Å². The molecule has 7 nitrogen and oxygen atoms in total. The molecule has 2 aromatic rings. The molecule has 0 spiro atoms. The van der Waals surface area contributed by atoms with Gasteiger partial charge in [-0.15, -0.1) is 0 Å². The predicted octanol–water partition coefficient (Wildman–Crippen LogP) is 1.09. The van der Waals surface area contributed by atoms with Gasteiger partial charge in [0.15, 0.2) is 5.82 Å². The average Bonchev–Trinajstić information content (AvgIpc) is 2.54. The molecule has 1 aliphatic rings. The van der Waals surface area contributed by atoms with Crippen LogP contribution in [0.4, 0.5) is 11.9 Å². The van der Waals surface area contributed by atoms with E-state index in [0.29, 0.717) is 11.8 Å². The fraction of sp³-hybridized carbons (Fsp3) is 0.438. The first-order valence-corrected chi connectivity index (χ1v) is 7.74. The van der Waals surface area contributed by atoms with Crippen LogP contribution in [0.3, 0.4) is 0 Å². The van der Waals surface area contributed by atoms with Crippen LogP contribution in [0.15, 0.2) is 24.3 Å². The van der Waals surface area contributed by atoms with Gasteiger partial charge in [-0.25, -0.2) is 0 Å². The Kier molecular flexibility index (Phi) is 4.57. The second kappa shape index (κ2) is 6.78. The number of aryl methyl sites for hydroxylation is 1. The van der Waals surface area contributed by atoms with Crippen LogP contribution in [0.5, 0.6) is 5.75 Å². The van der Waals surface area contributed by atoms with Gasteiger partial charge >= 0.3 is 0 Å². The maximum absolute atomic E-state index is 5.84. The van der Waals surface area contributed by atoms with E-state index in [1.165, 1.54) is 0 Å². The number of benzene rings is 1. The van der Waals surface area contributed by atoms with Gasteiger partial charge in [0.05, 0.1) is 0 Å². The van der Waals surface area contributed by atoms with Crippen molar-refractivity contribution in [2.75, 3.05) is 43.9 Å². The minimum absolute atomic E-state index is 0.234. The van der Waals surface area contributed by atoms with Gasteiger partial charge in [0.1, 0.15) is 12.4 Å². The molecule has 0 aliphatic carbocycles. The Morgan fingerprint density at radius 1 is 1.09 bits per heavy atom. The summed E-state index contributed by atoms with van der Waals surface area (Å²) in [5.74, 6) is 2.24. The highest BCUT2D eigenvalue weighted by atomic mass is 16.5. The molecule has 0 atom stereocenters. The minimum Gasteiger partial charge on any atom is -0.485 e. The molecule has 23 heavy (non-hydrogen) atoms. The molecule has 0 saturated carbocycles. The Hall–Kier alpha value is -2.41. The number of nitrogens with two attached hydrogens (primary N) is 1. The standard InChI is InChI=1S/C16H22N6O/c1-12-5-3-4-6-13(12)23-11-14-18-15(17)20-16(19-14)22-9-7-21(2)8-10-22/h3-6H,7-11H2,1-2H3,(H2,17,18,19,20). The molecular formula is C16H22N6O. The zero-order valence-corrected chi connectivity index (χ0v) is 13.6. The lowest BCUT2D eigenvalue weighted by Gasteiger charge is -2.32. The first-order valence-electron chi connectivity index (χ1n) is 7.74. The van der Waals surface area contributed by atoms with Crippen LogP contribution < -0.4 is 15.4 Å². The van der Waals surface area contributed by atoms with Gasteiger partial charge < -0.3 is 20.3 Å². The number of nitrogen functional groups attached to an aromatic ring is 1. The smallest absolute Gasteiger partial charge is 0.230 e. The monoisotopic (exact) mass is 314 g/mol. The molecule has 3 rings (SSSR count). The van der Waals surface area contributed by atoms with Gasteiger partial charge in [-0.3, -0.25) is 0 Å². The third-order valence-electron chi connectivity index (χ3n) is 3.92. The quantitative estimate of drug-likeness (QED) is 0.905. The van der Waals surface area contributed by atoms with Crippen molar-refractivity contribution in [3.63, 3.8) is 0 Å². The highest BCUT2D eigenvalue weighted by Gasteiger charge is 2.18. The van der Waals surface area contributed by atoms with E-state index in [9.17, 15) is 0 Å². The molecule has 1 saturated heterocycles. The van der Waals surface area contributed by atoms with E-state index in [0.717, 1.165) is 37.5 Å². The Bertz CT molecular complexity index is 669. The summed E-state index contributed by atoms with van der Waals surface area (Å²) in [5, 5.41) is 0. The number of likely N-dealkylation sites (N-methyl/N-ethyl adjacent to an activating group) is 1. The van der Waals surface area contributed by atoms with E-state index in [4.69, 9.17) is 10.5 Å². The lowest BCUT2D eigenvalue weighted by Crippen LogP contribution is -2.45. The number of hydrogen-bond donors (Lipinski definition) is 1. The molecular weight excluding hydrogens is 292 g/mol. The van der Waals surface area contributed by atoms with E-state index in [1.807, 2.05) is 31.2 Å². The largest absolute Gasteiger partial charge is 0.485 e. The van der Waals surface area contributed by atoms with Gasteiger partial charge in [-0.05, 0) is 25.6 Å². The van der Waals surface area contributed by atoms with Gasteiger partial charge in [-0.1, -0.05) is 18.2 Å². The SMILES string of the molecule is Cc1ccccc1OCc1nc(N)nc(N2CCN(C)CC2)n1. The molecule has 1 aromatic heterocycles. The van der Waals surface area contributed by atoms with Crippen molar-refractivity contribution in [3.8, 4) is 5.75 Å². The molecule has 1 fully saturated rings. The first kappa shape index (κ1) is 15.5. The van der Waals surface area contributed by atoms with Crippen molar-refractivity contribution in [3.05, 3.63) is 35.7 Å². The second-order valence-corrected chi connectivity index (χ2v) is 5.75. The summed E-state index contributed by atoms with van der Waals surface area (Å²) in [6.45, 7) is 6.03. The van der Waals surface area contributed by atoms with E-state index >= 15 is 0 Å². The summed E-state index contributed by atoms with van der Waals surface area (Å²) in [5.41, 5.74) is 6.91. The predicted molar refractivity (Wildman–Crippen MR) is 89.5 cm³/mol. The molecule has 7 heteroatoms. The van der Waals surface area contributed by atoms with Gasteiger partial charge in [0.2, 0.25) is 11.9 Å². The molecule has 0 unspecified atom stereocenters. The molecule has 1 aliphatic heterocycles. The lowest BCUT2D eigenvalue weighted by molar-refractivity contribution is 0.292. The molecule has 2 heterocycles. The van der Waals surface area contributed by atoms with Crippen molar-refractivity contribution in [2.45, 2.75) is 13.5 Å². The minimum atomic E-state index is 0.234. The topological polar surface area (TPSA) is 80.4 Å². The summed E-state index contributed by atoms with van der Waals surface area (Å²) in [4.78, 5) is 17.4. The van der Waals surface area contributed by atoms with Gasteiger partial charge in [0.25, 0.3) is 0 Å². The average molecular weight is 314 g/mol. The van der Waals surface area contributed by atoms with Crippen LogP contribution in [0.2, 0.25) is 0 Å². The van der Waals surface area contributed by atoms with Crippen molar-refractivity contribution >= 4 is 11.9 Å². The van der Waals surface area contributed by atoms with Crippen molar-refractivity contribution < 1.29 is 4.74 Å². The highest BCUT2D eigenvalue weighted by Crippen LogP contribution is 2.18. The number of rotatable bonds is 4. The maximum Gasteiger partial charge on any atom is 0.230 e. The van der Waals surface area contributed by atoms with Crippen LogP contribution in [0.1, 0.15) is 11.4 Å². The Balaban J connectivity index is 1.71. The van der Waals surface area contributed by atoms with Crippen molar-refractivity contribution in [1.82, 2.24) is 19.9 Å². The van der Waals surface area contributed by atoms with Crippen molar-refractivity contribution in [2.24, 2.45) is 0 Å². The number of hydrogen-bond acceptors (Lipinski definition) is 7. The van der Waals surface area contributed by atoms with E-state index < -0.39 is 0 Å². The van der Waals surface area contributed by atoms with Crippen LogP contribution >= 0.6 is 0 Å². The zero-order valence-electron chi connectivity index (χ0n) is 13.6. The second-order valence-electron chi connectivity index (χ2n) is 5.75. The number of nitrogens with zero attached hydrogens (tertiary/aromatic N) is 5. The van der Waals surface area contributed by atoms with Crippen LogP contribution in [0.25, 0.3) is 0 Å². The molecule has 0 amide bonds. The number of para-hydroxylation sites is 1. The zero-order chi connectivity index (χ0) is 16.2. The van der Waals surface area contributed by atoms with Gasteiger partial charge in [-0.2, -0.15) is 15.0 Å². The van der Waals surface area contributed by atoms with E-state index in [1.54, 1.807) is 0 Å². The van der Waals surface area contributed by atoms with Crippen LogP contribution in [-0.2, 0) is 6.61 Å². The van der Waals surface area contributed by atoms with Crippen LogP contribution in [0, 0.1) is 6.92 Å². The molecule has 0 radical (unpaired) electrons. The third-order valence-corrected chi connectivity index (χ3v) is 3.92. The molecule has 1 aromatic carbocycles. The van der Waals surface area contributed by atoms with E-state index in [-0.39, 0.29) is 12.6 Å². The normalized spacial score (nSPS) is 15.7. The number of aromatic nitrogens is 3. The summed E-state index contributed by atoms with van der Waals surface area (Å²) >= 11 is 0. The number of piperazine rings is 1. The van der Waals surface area contributed by atoms with Crippen LogP contribution in [-0.4, -0.2) is 53.1 Å². The molecule has 2 N–H and O–H groups in total.